The third kappa shape index (κ3) is 2.09. The molecule has 0 unspecified atom stereocenters. The van der Waals surface area contributed by atoms with E-state index in [1.807, 2.05) is 0 Å². The molecule has 0 N–H and O–H groups in total. The minimum Gasteiger partial charge on any atom is -0.496 e. The van der Waals surface area contributed by atoms with E-state index in [9.17, 15) is 0 Å². The number of hydrogen-bond donors (Lipinski definition) is 0. The van der Waals surface area contributed by atoms with Crippen LogP contribution in [0.4, 0.5) is 0 Å². The van der Waals surface area contributed by atoms with E-state index in [1.54, 1.807) is 7.11 Å². The molecule has 1 heteroatoms. The molecule has 0 heterocycles. The van der Waals surface area contributed by atoms with Crippen LogP contribution in [-0.4, -0.2) is 7.11 Å². The Morgan fingerprint density at radius 3 is 2.06 bits per heavy atom. The van der Waals surface area contributed by atoms with Crippen LogP contribution in [0.5, 0.6) is 5.75 Å². The summed E-state index contributed by atoms with van der Waals surface area (Å²) < 4.78 is 5.54. The SMILES string of the molecule is COc1cc2c(cc1C(C)(C)C)CCCC2. The van der Waals surface area contributed by atoms with Gasteiger partial charge in [-0.2, -0.15) is 0 Å². The summed E-state index contributed by atoms with van der Waals surface area (Å²) >= 11 is 0. The molecule has 0 amide bonds. The van der Waals surface area contributed by atoms with Gasteiger partial charge in [0.2, 0.25) is 0 Å². The molecule has 0 aliphatic heterocycles. The van der Waals surface area contributed by atoms with Gasteiger partial charge in [0.25, 0.3) is 0 Å². The molecule has 0 saturated carbocycles. The van der Waals surface area contributed by atoms with E-state index in [2.05, 4.69) is 32.9 Å². The van der Waals surface area contributed by atoms with Crippen LogP contribution in [0.1, 0.15) is 50.3 Å². The Kier molecular flexibility index (Phi) is 2.96. The van der Waals surface area contributed by atoms with Gasteiger partial charge >= 0.3 is 0 Å². The predicted molar refractivity (Wildman–Crippen MR) is 68.3 cm³/mol. The highest BCUT2D eigenvalue weighted by molar-refractivity contribution is 5.46. The van der Waals surface area contributed by atoms with Gasteiger partial charge in [-0.1, -0.05) is 26.8 Å². The monoisotopic (exact) mass is 218 g/mol. The van der Waals surface area contributed by atoms with Gasteiger partial charge < -0.3 is 4.74 Å². The first kappa shape index (κ1) is 11.5. The Hall–Kier alpha value is -0.980. The van der Waals surface area contributed by atoms with Crippen LogP contribution in [0.15, 0.2) is 12.1 Å². The van der Waals surface area contributed by atoms with Gasteiger partial charge in [0.1, 0.15) is 5.75 Å². The molecule has 1 nitrogen and oxygen atoms in total. The summed E-state index contributed by atoms with van der Waals surface area (Å²) in [7, 11) is 1.78. The molecule has 1 aromatic rings. The zero-order valence-corrected chi connectivity index (χ0v) is 10.9. The van der Waals surface area contributed by atoms with Gasteiger partial charge in [-0.3, -0.25) is 0 Å². The minimum absolute atomic E-state index is 0.165. The second-order valence-corrected chi connectivity index (χ2v) is 5.78. The predicted octanol–water partition coefficient (Wildman–Crippen LogP) is 3.87. The van der Waals surface area contributed by atoms with E-state index in [0.29, 0.717) is 0 Å². The quantitative estimate of drug-likeness (QED) is 0.695. The van der Waals surface area contributed by atoms with Gasteiger partial charge in [-0.05, 0) is 53.9 Å². The van der Waals surface area contributed by atoms with E-state index < -0.39 is 0 Å². The van der Waals surface area contributed by atoms with Crippen LogP contribution in [0.2, 0.25) is 0 Å². The van der Waals surface area contributed by atoms with E-state index in [1.165, 1.54) is 42.4 Å². The Bertz CT molecular complexity index is 385. The lowest BCUT2D eigenvalue weighted by Crippen LogP contribution is -2.15. The van der Waals surface area contributed by atoms with Crippen LogP contribution in [0.3, 0.4) is 0 Å². The van der Waals surface area contributed by atoms with Gasteiger partial charge in [0.15, 0.2) is 0 Å². The van der Waals surface area contributed by atoms with Crippen molar-refractivity contribution >= 4 is 0 Å². The molecule has 0 fully saturated rings. The molecule has 0 atom stereocenters. The third-order valence-electron chi connectivity index (χ3n) is 3.47. The fraction of sp³-hybridized carbons (Fsp3) is 0.600. The number of fused-ring (bicyclic) bond motifs is 1. The van der Waals surface area contributed by atoms with Crippen LogP contribution >= 0.6 is 0 Å². The lowest BCUT2D eigenvalue weighted by atomic mass is 9.81. The Labute approximate surface area is 98.8 Å². The normalized spacial score (nSPS) is 15.8. The molecule has 0 radical (unpaired) electrons. The maximum absolute atomic E-state index is 5.54. The van der Waals surface area contributed by atoms with Gasteiger partial charge in [-0.15, -0.1) is 0 Å². The molecule has 1 aliphatic carbocycles. The molecule has 2 rings (SSSR count). The van der Waals surface area contributed by atoms with E-state index in [4.69, 9.17) is 4.74 Å². The van der Waals surface area contributed by atoms with Crippen molar-refractivity contribution in [1.29, 1.82) is 0 Å². The van der Waals surface area contributed by atoms with Crippen molar-refractivity contribution in [3.05, 3.63) is 28.8 Å². The molecular formula is C15H22O. The summed E-state index contributed by atoms with van der Waals surface area (Å²) in [6, 6.07) is 4.63. The highest BCUT2D eigenvalue weighted by Gasteiger charge is 2.22. The van der Waals surface area contributed by atoms with Crippen LogP contribution in [-0.2, 0) is 18.3 Å². The fourth-order valence-electron chi connectivity index (χ4n) is 2.52. The van der Waals surface area contributed by atoms with Gasteiger partial charge in [-0.25, -0.2) is 0 Å². The van der Waals surface area contributed by atoms with Gasteiger partial charge in [0.05, 0.1) is 7.11 Å². The van der Waals surface area contributed by atoms with Gasteiger partial charge in [0, 0.05) is 0 Å². The maximum Gasteiger partial charge on any atom is 0.122 e. The van der Waals surface area contributed by atoms with Crippen molar-refractivity contribution in [2.24, 2.45) is 0 Å². The zero-order chi connectivity index (χ0) is 11.8. The van der Waals surface area contributed by atoms with Crippen molar-refractivity contribution in [3.63, 3.8) is 0 Å². The number of ether oxygens (including phenoxy) is 1. The van der Waals surface area contributed by atoms with Crippen molar-refractivity contribution in [2.75, 3.05) is 7.11 Å². The Morgan fingerprint density at radius 2 is 1.56 bits per heavy atom. The topological polar surface area (TPSA) is 9.23 Å². The average molecular weight is 218 g/mol. The lowest BCUT2D eigenvalue weighted by molar-refractivity contribution is 0.396. The summed E-state index contributed by atoms with van der Waals surface area (Å²) in [5, 5.41) is 0. The first-order chi connectivity index (χ1) is 7.52. The third-order valence-corrected chi connectivity index (χ3v) is 3.47. The number of rotatable bonds is 1. The van der Waals surface area contributed by atoms with E-state index in [0.717, 1.165) is 5.75 Å². The number of hydrogen-bond acceptors (Lipinski definition) is 1. The van der Waals surface area contributed by atoms with Crippen molar-refractivity contribution in [3.8, 4) is 5.75 Å². The largest absolute Gasteiger partial charge is 0.496 e. The molecule has 0 saturated heterocycles. The Balaban J connectivity index is 2.52. The van der Waals surface area contributed by atoms with Crippen molar-refractivity contribution in [2.45, 2.75) is 51.9 Å². The molecule has 1 aliphatic rings. The van der Waals surface area contributed by atoms with Crippen LogP contribution in [0.25, 0.3) is 0 Å². The lowest BCUT2D eigenvalue weighted by Gasteiger charge is -2.26. The first-order valence-corrected chi connectivity index (χ1v) is 6.22. The van der Waals surface area contributed by atoms with E-state index >= 15 is 0 Å². The number of benzene rings is 1. The highest BCUT2D eigenvalue weighted by Crippen LogP contribution is 2.35. The second-order valence-electron chi connectivity index (χ2n) is 5.78. The molecule has 0 aromatic heterocycles. The fourth-order valence-corrected chi connectivity index (χ4v) is 2.52. The van der Waals surface area contributed by atoms with Crippen LogP contribution < -0.4 is 4.74 Å². The molecule has 16 heavy (non-hydrogen) atoms. The Morgan fingerprint density at radius 1 is 1.00 bits per heavy atom. The summed E-state index contributed by atoms with van der Waals surface area (Å²) in [6.07, 6.45) is 5.12. The highest BCUT2D eigenvalue weighted by atomic mass is 16.5. The summed E-state index contributed by atoms with van der Waals surface area (Å²) in [5.74, 6) is 1.06. The first-order valence-electron chi connectivity index (χ1n) is 6.22. The average Bonchev–Trinajstić information content (AvgIpc) is 2.26. The van der Waals surface area contributed by atoms with Crippen LogP contribution in [0, 0.1) is 0 Å². The summed E-state index contributed by atoms with van der Waals surface area (Å²) in [5.41, 5.74) is 4.54. The van der Waals surface area contributed by atoms with Crippen molar-refractivity contribution < 1.29 is 4.74 Å². The van der Waals surface area contributed by atoms with Crippen molar-refractivity contribution in [1.82, 2.24) is 0 Å². The smallest absolute Gasteiger partial charge is 0.122 e. The minimum atomic E-state index is 0.165. The second kappa shape index (κ2) is 4.12. The summed E-state index contributed by atoms with van der Waals surface area (Å²) in [6.45, 7) is 6.75. The molecule has 0 spiro atoms. The standard InChI is InChI=1S/C15H22O/c1-15(2,3)13-9-11-7-5-6-8-12(11)10-14(13)16-4/h9-10H,5-8H2,1-4H3. The molecule has 0 bridgehead atoms. The maximum atomic E-state index is 5.54. The number of aryl methyl sites for hydroxylation is 2. The molecule has 1 aromatic carbocycles. The molecule has 88 valence electrons. The summed E-state index contributed by atoms with van der Waals surface area (Å²) in [4.78, 5) is 0. The number of methoxy groups -OCH3 is 1. The zero-order valence-electron chi connectivity index (χ0n) is 10.9. The van der Waals surface area contributed by atoms with E-state index in [-0.39, 0.29) is 5.41 Å². The molecular weight excluding hydrogens is 196 g/mol.